The van der Waals surface area contributed by atoms with Gasteiger partial charge in [0.1, 0.15) is 0 Å². The van der Waals surface area contributed by atoms with E-state index in [1.807, 2.05) is 29.2 Å². The number of rotatable bonds is 5. The van der Waals surface area contributed by atoms with Crippen molar-refractivity contribution in [3.05, 3.63) is 59.7 Å². The van der Waals surface area contributed by atoms with Crippen LogP contribution in [0.1, 0.15) is 28.8 Å². The number of hydrogen-bond acceptors (Lipinski definition) is 3. The fraction of sp³-hybridized carbons (Fsp3) is 0.350. The van der Waals surface area contributed by atoms with Gasteiger partial charge in [-0.3, -0.25) is 4.79 Å². The molecule has 4 heteroatoms. The highest BCUT2D eigenvalue weighted by molar-refractivity contribution is 5.95. The van der Waals surface area contributed by atoms with E-state index in [-0.39, 0.29) is 11.9 Å². The molecule has 1 saturated heterocycles. The van der Waals surface area contributed by atoms with Gasteiger partial charge in [0.2, 0.25) is 0 Å². The van der Waals surface area contributed by atoms with Crippen molar-refractivity contribution in [2.75, 3.05) is 20.8 Å². The van der Waals surface area contributed by atoms with E-state index in [0.717, 1.165) is 25.8 Å². The lowest BCUT2D eigenvalue weighted by molar-refractivity contribution is 0.0736. The predicted octanol–water partition coefficient (Wildman–Crippen LogP) is 3.55. The van der Waals surface area contributed by atoms with Crippen molar-refractivity contribution in [3.8, 4) is 11.5 Å². The van der Waals surface area contributed by atoms with Crippen molar-refractivity contribution < 1.29 is 14.3 Å². The molecule has 3 rings (SSSR count). The van der Waals surface area contributed by atoms with E-state index in [1.165, 1.54) is 5.56 Å². The van der Waals surface area contributed by atoms with Gasteiger partial charge in [-0.15, -0.1) is 0 Å². The zero-order valence-electron chi connectivity index (χ0n) is 14.2. The SMILES string of the molecule is COc1ccc(C(=O)N2CCC[C@@H]2Cc2ccccc2)cc1OC. The van der Waals surface area contributed by atoms with Gasteiger partial charge < -0.3 is 14.4 Å². The average molecular weight is 325 g/mol. The summed E-state index contributed by atoms with van der Waals surface area (Å²) >= 11 is 0. The van der Waals surface area contributed by atoms with Crippen LogP contribution >= 0.6 is 0 Å². The van der Waals surface area contributed by atoms with Crippen LogP contribution in [0.2, 0.25) is 0 Å². The van der Waals surface area contributed by atoms with Crippen molar-refractivity contribution >= 4 is 5.91 Å². The molecule has 0 radical (unpaired) electrons. The lowest BCUT2D eigenvalue weighted by Crippen LogP contribution is -2.36. The van der Waals surface area contributed by atoms with Crippen LogP contribution in [0.25, 0.3) is 0 Å². The molecule has 2 aromatic rings. The van der Waals surface area contributed by atoms with Crippen molar-refractivity contribution in [3.63, 3.8) is 0 Å². The molecule has 0 saturated carbocycles. The predicted molar refractivity (Wildman–Crippen MR) is 93.8 cm³/mol. The van der Waals surface area contributed by atoms with Crippen LogP contribution in [-0.4, -0.2) is 37.6 Å². The summed E-state index contributed by atoms with van der Waals surface area (Å²) in [5.41, 5.74) is 1.92. The first-order valence-electron chi connectivity index (χ1n) is 8.30. The summed E-state index contributed by atoms with van der Waals surface area (Å²) < 4.78 is 10.6. The Bertz CT molecular complexity index is 699. The summed E-state index contributed by atoms with van der Waals surface area (Å²) in [5, 5.41) is 0. The van der Waals surface area contributed by atoms with Crippen LogP contribution in [0.4, 0.5) is 0 Å². The second kappa shape index (κ2) is 7.39. The van der Waals surface area contributed by atoms with E-state index in [1.54, 1.807) is 26.4 Å². The first-order valence-corrected chi connectivity index (χ1v) is 8.30. The third-order valence-corrected chi connectivity index (χ3v) is 4.58. The van der Waals surface area contributed by atoms with Crippen LogP contribution in [0.15, 0.2) is 48.5 Å². The number of ether oxygens (including phenoxy) is 2. The largest absolute Gasteiger partial charge is 0.493 e. The monoisotopic (exact) mass is 325 g/mol. The normalized spacial score (nSPS) is 16.9. The molecule has 4 nitrogen and oxygen atoms in total. The Morgan fingerprint density at radius 3 is 2.54 bits per heavy atom. The maximum Gasteiger partial charge on any atom is 0.254 e. The zero-order chi connectivity index (χ0) is 16.9. The lowest BCUT2D eigenvalue weighted by atomic mass is 10.0. The number of likely N-dealkylation sites (tertiary alicyclic amines) is 1. The molecule has 0 unspecified atom stereocenters. The average Bonchev–Trinajstić information content (AvgIpc) is 3.09. The third-order valence-electron chi connectivity index (χ3n) is 4.58. The number of nitrogens with zero attached hydrogens (tertiary/aromatic N) is 1. The zero-order valence-corrected chi connectivity index (χ0v) is 14.2. The van der Waals surface area contributed by atoms with Gasteiger partial charge in [0.25, 0.3) is 5.91 Å². The number of methoxy groups -OCH3 is 2. The van der Waals surface area contributed by atoms with Crippen molar-refractivity contribution in [2.24, 2.45) is 0 Å². The highest BCUT2D eigenvalue weighted by Crippen LogP contribution is 2.30. The molecular formula is C20H23NO3. The Morgan fingerprint density at radius 1 is 1.08 bits per heavy atom. The number of benzene rings is 2. The molecule has 0 aromatic heterocycles. The van der Waals surface area contributed by atoms with Gasteiger partial charge in [-0.25, -0.2) is 0 Å². The summed E-state index contributed by atoms with van der Waals surface area (Å²) in [6, 6.07) is 16.0. The minimum Gasteiger partial charge on any atom is -0.493 e. The molecule has 0 spiro atoms. The Balaban J connectivity index is 1.78. The summed E-state index contributed by atoms with van der Waals surface area (Å²) in [5.74, 6) is 1.29. The molecule has 126 valence electrons. The van der Waals surface area contributed by atoms with Crippen LogP contribution in [0.5, 0.6) is 11.5 Å². The number of carbonyl (C=O) groups is 1. The molecule has 24 heavy (non-hydrogen) atoms. The van der Waals surface area contributed by atoms with Crippen LogP contribution in [0, 0.1) is 0 Å². The molecule has 1 atom stereocenters. The minimum absolute atomic E-state index is 0.0642. The molecule has 0 bridgehead atoms. The van der Waals surface area contributed by atoms with Crippen molar-refractivity contribution in [1.29, 1.82) is 0 Å². The van der Waals surface area contributed by atoms with Gasteiger partial charge in [0.05, 0.1) is 14.2 Å². The molecule has 0 aliphatic carbocycles. The molecule has 2 aromatic carbocycles. The van der Waals surface area contributed by atoms with E-state index >= 15 is 0 Å². The first kappa shape index (κ1) is 16.4. The van der Waals surface area contributed by atoms with Gasteiger partial charge in [-0.05, 0) is 43.0 Å². The molecule has 1 aliphatic rings. The van der Waals surface area contributed by atoms with Crippen LogP contribution in [0.3, 0.4) is 0 Å². The Morgan fingerprint density at radius 2 is 1.83 bits per heavy atom. The number of carbonyl (C=O) groups excluding carboxylic acids is 1. The first-order chi connectivity index (χ1) is 11.7. The molecule has 1 heterocycles. The maximum absolute atomic E-state index is 12.9. The lowest BCUT2D eigenvalue weighted by Gasteiger charge is -2.25. The van der Waals surface area contributed by atoms with Crippen LogP contribution in [-0.2, 0) is 6.42 Å². The van der Waals surface area contributed by atoms with E-state index in [4.69, 9.17) is 9.47 Å². The van der Waals surface area contributed by atoms with Crippen molar-refractivity contribution in [2.45, 2.75) is 25.3 Å². The second-order valence-electron chi connectivity index (χ2n) is 6.05. The van der Waals surface area contributed by atoms with E-state index < -0.39 is 0 Å². The number of hydrogen-bond donors (Lipinski definition) is 0. The number of amides is 1. The Hall–Kier alpha value is -2.49. The van der Waals surface area contributed by atoms with Gasteiger partial charge in [0.15, 0.2) is 11.5 Å². The highest BCUT2D eigenvalue weighted by Gasteiger charge is 2.29. The standard InChI is InChI=1S/C20H23NO3/c1-23-18-11-10-16(14-19(18)24-2)20(22)21-12-6-9-17(21)13-15-7-4-3-5-8-15/h3-5,7-8,10-11,14,17H,6,9,12-13H2,1-2H3/t17-/m1/s1. The fourth-order valence-corrected chi connectivity index (χ4v) is 3.34. The topological polar surface area (TPSA) is 38.8 Å². The summed E-state index contributed by atoms with van der Waals surface area (Å²) in [7, 11) is 3.18. The second-order valence-corrected chi connectivity index (χ2v) is 6.05. The van der Waals surface area contributed by atoms with E-state index in [9.17, 15) is 4.79 Å². The molecule has 1 aliphatic heterocycles. The van der Waals surface area contributed by atoms with E-state index in [2.05, 4.69) is 12.1 Å². The van der Waals surface area contributed by atoms with Gasteiger partial charge >= 0.3 is 0 Å². The van der Waals surface area contributed by atoms with Crippen LogP contribution < -0.4 is 9.47 Å². The van der Waals surface area contributed by atoms with Crippen molar-refractivity contribution in [1.82, 2.24) is 4.90 Å². The summed E-state index contributed by atoms with van der Waals surface area (Å²) in [4.78, 5) is 14.9. The minimum atomic E-state index is 0.0642. The fourth-order valence-electron chi connectivity index (χ4n) is 3.34. The molecule has 0 N–H and O–H groups in total. The van der Waals surface area contributed by atoms with Gasteiger partial charge in [-0.2, -0.15) is 0 Å². The molecule has 1 fully saturated rings. The quantitative estimate of drug-likeness (QED) is 0.844. The van der Waals surface area contributed by atoms with Gasteiger partial charge in [-0.1, -0.05) is 30.3 Å². The third kappa shape index (κ3) is 3.37. The summed E-state index contributed by atoms with van der Waals surface area (Å²) in [6.45, 7) is 0.810. The molecular weight excluding hydrogens is 302 g/mol. The highest BCUT2D eigenvalue weighted by atomic mass is 16.5. The van der Waals surface area contributed by atoms with Gasteiger partial charge in [0, 0.05) is 18.2 Å². The molecule has 1 amide bonds. The summed E-state index contributed by atoms with van der Waals surface area (Å²) in [6.07, 6.45) is 3.00. The smallest absolute Gasteiger partial charge is 0.254 e. The Kier molecular flexibility index (Phi) is 5.04. The van der Waals surface area contributed by atoms with E-state index in [0.29, 0.717) is 17.1 Å². The Labute approximate surface area is 143 Å². The maximum atomic E-state index is 12.9.